The van der Waals surface area contributed by atoms with Gasteiger partial charge in [-0.1, -0.05) is 60.7 Å². The number of nitrogens with zero attached hydrogens (tertiary/aromatic N) is 6. The minimum Gasteiger partial charge on any atom is -0.322 e. The molecular weight excluding hydrogens is 486 g/mol. The summed E-state index contributed by atoms with van der Waals surface area (Å²) in [4.78, 5) is 21.6. The van der Waals surface area contributed by atoms with Crippen LogP contribution in [-0.2, 0) is 13.1 Å². The molecular formula is C31H33N7O. The monoisotopic (exact) mass is 519 g/mol. The summed E-state index contributed by atoms with van der Waals surface area (Å²) in [5, 5.41) is 13.9. The molecule has 1 N–H and O–H groups in total. The van der Waals surface area contributed by atoms with Crippen molar-refractivity contribution in [3.63, 3.8) is 0 Å². The zero-order valence-corrected chi connectivity index (χ0v) is 22.4. The van der Waals surface area contributed by atoms with E-state index in [2.05, 4.69) is 92.7 Å². The van der Waals surface area contributed by atoms with Gasteiger partial charge in [-0.15, -0.1) is 5.10 Å². The lowest BCUT2D eigenvalue weighted by atomic mass is 10.00. The molecule has 0 bridgehead atoms. The molecule has 0 amide bonds. The fourth-order valence-electron chi connectivity index (χ4n) is 5.49. The highest BCUT2D eigenvalue weighted by atomic mass is 16.1. The van der Waals surface area contributed by atoms with Gasteiger partial charge in [-0.25, -0.2) is 4.68 Å². The van der Waals surface area contributed by atoms with Gasteiger partial charge in [0.25, 0.3) is 5.56 Å². The number of H-pyrrole nitrogens is 1. The molecule has 8 heteroatoms. The van der Waals surface area contributed by atoms with E-state index in [-0.39, 0.29) is 11.6 Å². The summed E-state index contributed by atoms with van der Waals surface area (Å²) in [6, 6.07) is 26.6. The summed E-state index contributed by atoms with van der Waals surface area (Å²) in [6.45, 7) is 9.03. The van der Waals surface area contributed by atoms with Gasteiger partial charge in [-0.3, -0.25) is 14.6 Å². The predicted molar refractivity (Wildman–Crippen MR) is 153 cm³/mol. The quantitative estimate of drug-likeness (QED) is 0.349. The molecule has 198 valence electrons. The summed E-state index contributed by atoms with van der Waals surface area (Å²) < 4.78 is 1.83. The SMILES string of the molecule is Cc1cc2cc([C@@H](c3nnnn3Cc3ccccc3)N3CCN(Cc4ccccc4)CC3)c(=O)[nH]c2cc1C. The lowest BCUT2D eigenvalue weighted by Crippen LogP contribution is -2.48. The van der Waals surface area contributed by atoms with Crippen LogP contribution in [-0.4, -0.2) is 61.2 Å². The van der Waals surface area contributed by atoms with Gasteiger partial charge in [0, 0.05) is 43.8 Å². The summed E-state index contributed by atoms with van der Waals surface area (Å²) in [7, 11) is 0. The topological polar surface area (TPSA) is 82.9 Å². The predicted octanol–water partition coefficient (Wildman–Crippen LogP) is 4.09. The van der Waals surface area contributed by atoms with Crippen LogP contribution in [0, 0.1) is 13.8 Å². The Morgan fingerprint density at radius 3 is 2.15 bits per heavy atom. The summed E-state index contributed by atoms with van der Waals surface area (Å²) >= 11 is 0. The maximum atomic E-state index is 13.6. The first kappa shape index (κ1) is 25.2. The van der Waals surface area contributed by atoms with Gasteiger partial charge in [0.2, 0.25) is 0 Å². The van der Waals surface area contributed by atoms with Gasteiger partial charge in [0.05, 0.1) is 6.54 Å². The Bertz CT molecular complexity index is 1620. The first-order chi connectivity index (χ1) is 19.0. The van der Waals surface area contributed by atoms with E-state index in [1.165, 1.54) is 11.1 Å². The third-order valence-electron chi connectivity index (χ3n) is 7.78. The molecule has 0 unspecified atom stereocenters. The normalized spacial score (nSPS) is 15.5. The molecule has 8 nitrogen and oxygen atoms in total. The Morgan fingerprint density at radius 1 is 0.821 bits per heavy atom. The van der Waals surface area contributed by atoms with E-state index in [9.17, 15) is 4.79 Å². The smallest absolute Gasteiger partial charge is 0.253 e. The van der Waals surface area contributed by atoms with Crippen molar-refractivity contribution in [1.29, 1.82) is 0 Å². The van der Waals surface area contributed by atoms with Gasteiger partial charge in [-0.05, 0) is 70.1 Å². The molecule has 0 radical (unpaired) electrons. The number of benzene rings is 3. The maximum absolute atomic E-state index is 13.6. The minimum absolute atomic E-state index is 0.100. The molecule has 3 heterocycles. The molecule has 2 aromatic heterocycles. The van der Waals surface area contributed by atoms with E-state index in [1.807, 2.05) is 35.0 Å². The molecule has 1 atom stereocenters. The van der Waals surface area contributed by atoms with Crippen LogP contribution in [0.3, 0.4) is 0 Å². The van der Waals surface area contributed by atoms with Gasteiger partial charge >= 0.3 is 0 Å². The number of aryl methyl sites for hydroxylation is 2. The van der Waals surface area contributed by atoms with Crippen molar-refractivity contribution in [2.75, 3.05) is 26.2 Å². The van der Waals surface area contributed by atoms with E-state index in [1.54, 1.807) is 0 Å². The average Bonchev–Trinajstić information content (AvgIpc) is 3.40. The number of nitrogens with one attached hydrogen (secondary N) is 1. The van der Waals surface area contributed by atoms with Gasteiger partial charge in [-0.2, -0.15) is 0 Å². The van der Waals surface area contributed by atoms with Crippen molar-refractivity contribution >= 4 is 10.9 Å². The number of piperazine rings is 1. The molecule has 1 fully saturated rings. The highest BCUT2D eigenvalue weighted by Gasteiger charge is 2.32. The van der Waals surface area contributed by atoms with Gasteiger partial charge < -0.3 is 4.98 Å². The van der Waals surface area contributed by atoms with E-state index < -0.39 is 0 Å². The molecule has 0 saturated carbocycles. The Labute approximate surface area is 227 Å². The van der Waals surface area contributed by atoms with Crippen molar-refractivity contribution in [1.82, 2.24) is 35.0 Å². The standard InChI is InChI=1S/C31H33N7O/c1-22-17-26-19-27(31(39)32-28(26)18-23(22)2)29(30-33-34-35-38(30)21-25-11-7-4-8-12-25)37-15-13-36(14-16-37)20-24-9-5-3-6-10-24/h3-12,17-19,29H,13-16,20-21H2,1-2H3,(H,32,39)/t29-/m0/s1. The van der Waals surface area contributed by atoms with Gasteiger partial charge in [0.1, 0.15) is 6.04 Å². The van der Waals surface area contributed by atoms with Crippen molar-refractivity contribution in [3.05, 3.63) is 123 Å². The summed E-state index contributed by atoms with van der Waals surface area (Å²) in [5.74, 6) is 0.684. The lowest BCUT2D eigenvalue weighted by molar-refractivity contribution is 0.0998. The van der Waals surface area contributed by atoms with Crippen LogP contribution >= 0.6 is 0 Å². The summed E-state index contributed by atoms with van der Waals surface area (Å²) in [6.07, 6.45) is 0. The zero-order valence-electron chi connectivity index (χ0n) is 22.4. The Hall–Kier alpha value is -4.14. The van der Waals surface area contributed by atoms with Crippen LogP contribution < -0.4 is 5.56 Å². The molecule has 1 saturated heterocycles. The molecule has 1 aliphatic rings. The Balaban J connectivity index is 1.36. The molecule has 6 rings (SSSR count). The van der Waals surface area contributed by atoms with Crippen molar-refractivity contribution in [2.24, 2.45) is 0 Å². The number of hydrogen-bond donors (Lipinski definition) is 1. The van der Waals surface area contributed by atoms with Crippen LogP contribution in [0.15, 0.2) is 83.7 Å². The largest absolute Gasteiger partial charge is 0.322 e. The highest BCUT2D eigenvalue weighted by molar-refractivity contribution is 5.81. The first-order valence-corrected chi connectivity index (χ1v) is 13.5. The molecule has 39 heavy (non-hydrogen) atoms. The first-order valence-electron chi connectivity index (χ1n) is 13.5. The molecule has 0 aliphatic carbocycles. The van der Waals surface area contributed by atoms with Crippen LogP contribution in [0.4, 0.5) is 0 Å². The minimum atomic E-state index is -0.364. The van der Waals surface area contributed by atoms with E-state index in [4.69, 9.17) is 0 Å². The van der Waals surface area contributed by atoms with Crippen LogP contribution in [0.25, 0.3) is 10.9 Å². The fraction of sp³-hybridized carbons (Fsp3) is 0.290. The number of aromatic amines is 1. The van der Waals surface area contributed by atoms with Crippen molar-refractivity contribution < 1.29 is 0 Å². The van der Waals surface area contributed by atoms with Crippen LogP contribution in [0.2, 0.25) is 0 Å². The second kappa shape index (κ2) is 10.9. The second-order valence-electron chi connectivity index (χ2n) is 10.5. The van der Waals surface area contributed by atoms with E-state index >= 15 is 0 Å². The maximum Gasteiger partial charge on any atom is 0.253 e. The average molecular weight is 520 g/mol. The lowest BCUT2D eigenvalue weighted by Gasteiger charge is -2.38. The zero-order chi connectivity index (χ0) is 26.8. The van der Waals surface area contributed by atoms with Crippen LogP contribution in [0.5, 0.6) is 0 Å². The number of aromatic nitrogens is 5. The number of pyridine rings is 1. The fourth-order valence-corrected chi connectivity index (χ4v) is 5.49. The van der Waals surface area contributed by atoms with E-state index in [0.29, 0.717) is 17.9 Å². The second-order valence-corrected chi connectivity index (χ2v) is 10.5. The molecule has 3 aromatic carbocycles. The van der Waals surface area contributed by atoms with Gasteiger partial charge in [0.15, 0.2) is 5.82 Å². The number of rotatable bonds is 7. The molecule has 1 aliphatic heterocycles. The third kappa shape index (κ3) is 5.39. The van der Waals surface area contributed by atoms with Crippen LogP contribution in [0.1, 0.15) is 39.7 Å². The Kier molecular flexibility index (Phi) is 7.04. The number of fused-ring (bicyclic) bond motifs is 1. The number of tetrazole rings is 1. The van der Waals surface area contributed by atoms with Crippen molar-refractivity contribution in [2.45, 2.75) is 33.0 Å². The molecule has 5 aromatic rings. The van der Waals surface area contributed by atoms with E-state index in [0.717, 1.165) is 54.8 Å². The number of hydrogen-bond acceptors (Lipinski definition) is 6. The summed E-state index contributed by atoms with van der Waals surface area (Å²) in [5.41, 5.74) is 6.19. The Morgan fingerprint density at radius 2 is 1.46 bits per heavy atom. The third-order valence-corrected chi connectivity index (χ3v) is 7.78. The highest BCUT2D eigenvalue weighted by Crippen LogP contribution is 2.29. The molecule has 0 spiro atoms. The van der Waals surface area contributed by atoms with Crippen molar-refractivity contribution in [3.8, 4) is 0 Å².